The molecule has 3 aromatic rings. The number of likely N-dealkylation sites (N-methyl/N-ethyl adjacent to an activating group) is 1. The Labute approximate surface area is 446 Å². The quantitative estimate of drug-likeness (QED) is 0.0307. The van der Waals surface area contributed by atoms with Crippen molar-refractivity contribution >= 4 is 35.7 Å². The molecule has 0 spiro atoms. The Balaban J connectivity index is 1.39. The first-order chi connectivity index (χ1) is 36.2. The van der Waals surface area contributed by atoms with Gasteiger partial charge in [0.1, 0.15) is 23.8 Å². The summed E-state index contributed by atoms with van der Waals surface area (Å²) in [6.07, 6.45) is 4.76. The van der Waals surface area contributed by atoms with Crippen LogP contribution in [0.5, 0.6) is 11.5 Å². The molecule has 0 saturated heterocycles. The molecule has 4 rings (SSSR count). The molecule has 2 amide bonds. The van der Waals surface area contributed by atoms with Crippen LogP contribution in [0.4, 0.5) is 0 Å². The van der Waals surface area contributed by atoms with Crippen LogP contribution >= 0.6 is 0 Å². The Bertz CT molecular complexity index is 2340. The highest BCUT2D eigenvalue weighted by Crippen LogP contribution is 2.41. The maximum Gasteiger partial charge on any atom is 0.326 e. The van der Waals surface area contributed by atoms with Crippen molar-refractivity contribution in [1.29, 1.82) is 0 Å². The summed E-state index contributed by atoms with van der Waals surface area (Å²) in [7, 11) is 8.65. The van der Waals surface area contributed by atoms with Crippen molar-refractivity contribution < 1.29 is 63.8 Å². The monoisotopic (exact) mass is 1070 g/mol. The fraction of sp³-hybridized carbons (Fsp3) is 0.604. The molecule has 2 atom stereocenters. The molecule has 23 nitrogen and oxygen atoms in total. The number of aliphatic hydroxyl groups excluding tert-OH is 1. The van der Waals surface area contributed by atoms with Crippen molar-refractivity contribution in [2.24, 2.45) is 5.92 Å². The zero-order chi connectivity index (χ0) is 55.9. The second-order valence-electron chi connectivity index (χ2n) is 19.8. The number of nitrogens with one attached hydrogen (secondary N) is 3. The number of hydrogen-bond donors (Lipinski definition) is 8. The first-order valence-electron chi connectivity index (χ1n) is 26.1. The first kappa shape index (κ1) is 62.3. The number of carbonyl (C=O) groups is 6. The van der Waals surface area contributed by atoms with E-state index in [0.717, 1.165) is 37.8 Å². The Morgan fingerprint density at radius 1 is 0.724 bits per heavy atom. The fourth-order valence-electron chi connectivity index (χ4n) is 9.38. The molecule has 422 valence electrons. The predicted molar refractivity (Wildman–Crippen MR) is 285 cm³/mol. The van der Waals surface area contributed by atoms with Crippen molar-refractivity contribution in [2.75, 3.05) is 127 Å². The van der Waals surface area contributed by atoms with Crippen LogP contribution in [-0.4, -0.2) is 229 Å². The van der Waals surface area contributed by atoms with Crippen molar-refractivity contribution in [3.8, 4) is 28.4 Å². The van der Waals surface area contributed by atoms with Gasteiger partial charge in [-0.2, -0.15) is 5.10 Å². The maximum atomic E-state index is 14.0. The van der Waals surface area contributed by atoms with E-state index >= 15 is 0 Å². The molecule has 1 heterocycles. The minimum atomic E-state index is -1.08. The molecule has 0 aliphatic heterocycles. The van der Waals surface area contributed by atoms with Gasteiger partial charge in [0.05, 0.1) is 57.3 Å². The molecule has 1 aromatic heterocycles. The van der Waals surface area contributed by atoms with Gasteiger partial charge in [-0.3, -0.25) is 38.7 Å². The molecule has 2 aromatic carbocycles. The van der Waals surface area contributed by atoms with Gasteiger partial charge in [0.2, 0.25) is 5.91 Å². The topological polar surface area (TPSA) is 292 Å². The zero-order valence-electron chi connectivity index (χ0n) is 45.3. The average Bonchev–Trinajstić information content (AvgIpc) is 3.83. The Morgan fingerprint density at radius 2 is 1.30 bits per heavy atom. The number of nitrogens with zero attached hydrogens (tertiary/aromatic N) is 7. The number of carboxylic acid groups (broad SMARTS) is 4. The summed E-state index contributed by atoms with van der Waals surface area (Å²) >= 11 is 0. The number of aliphatic hydroxyl groups is 1. The van der Waals surface area contributed by atoms with Crippen molar-refractivity contribution in [1.82, 2.24) is 50.2 Å². The van der Waals surface area contributed by atoms with Crippen LogP contribution in [-0.2, 0) is 24.0 Å². The van der Waals surface area contributed by atoms with E-state index < -0.39 is 42.1 Å². The Kier molecular flexibility index (Phi) is 26.0. The maximum absolute atomic E-state index is 14.0. The molecule has 0 radical (unpaired) electrons. The number of carbonyl (C=O) groups excluding carboxylic acids is 2. The molecule has 23 heteroatoms. The van der Waals surface area contributed by atoms with Crippen molar-refractivity contribution in [3.63, 3.8) is 0 Å². The molecule has 1 aliphatic rings. The molecule has 76 heavy (non-hydrogen) atoms. The summed E-state index contributed by atoms with van der Waals surface area (Å²) in [6.45, 7) is 7.58. The highest BCUT2D eigenvalue weighted by molar-refractivity contribution is 5.96. The van der Waals surface area contributed by atoms with E-state index in [9.17, 15) is 44.1 Å². The Hall–Kier alpha value is -6.21. The number of aliphatic carboxylic acids is 4. The number of amides is 2. The summed E-state index contributed by atoms with van der Waals surface area (Å²) in [5.74, 6) is -4.21. The average molecular weight is 1070 g/mol. The van der Waals surface area contributed by atoms with Gasteiger partial charge in [-0.05, 0) is 106 Å². The lowest BCUT2D eigenvalue weighted by Crippen LogP contribution is -2.46. The molecular weight excluding hydrogens is 985 g/mol. The van der Waals surface area contributed by atoms with E-state index in [2.05, 4.69) is 20.9 Å². The minimum Gasteiger partial charge on any atom is -0.496 e. The fourth-order valence-corrected chi connectivity index (χ4v) is 9.38. The van der Waals surface area contributed by atoms with Crippen LogP contribution in [0.3, 0.4) is 0 Å². The third kappa shape index (κ3) is 19.7. The second kappa shape index (κ2) is 31.7. The van der Waals surface area contributed by atoms with E-state index in [4.69, 9.17) is 24.8 Å². The SMILES string of the molecule is COc1cccc(OC)c1-c1cc(C(=O)N[C@H](C(=O)O)C2CCCCC2)nn1-c1ccc(C(O)N(C)CCCN(C)CCCN(C)C(=O)CN(CCNCC(=O)O)CCN(CCNCC(=O)O)CC(=O)O)cc1C(C)C. The van der Waals surface area contributed by atoms with Crippen LogP contribution in [0, 0.1) is 5.92 Å². The number of hydrogen-bond acceptors (Lipinski definition) is 16. The summed E-state index contributed by atoms with van der Waals surface area (Å²) in [4.78, 5) is 82.5. The number of ether oxygens (including phenoxy) is 2. The summed E-state index contributed by atoms with van der Waals surface area (Å²) in [5, 5.41) is 62.5. The van der Waals surface area contributed by atoms with E-state index in [1.165, 1.54) is 0 Å². The van der Waals surface area contributed by atoms with Crippen molar-refractivity contribution in [2.45, 2.75) is 77.0 Å². The zero-order valence-corrected chi connectivity index (χ0v) is 45.3. The molecule has 8 N–H and O–H groups in total. The number of aromatic nitrogens is 2. The number of rotatable bonds is 36. The highest BCUT2D eigenvalue weighted by atomic mass is 16.5. The van der Waals surface area contributed by atoms with Crippen molar-refractivity contribution in [3.05, 3.63) is 59.3 Å². The minimum absolute atomic E-state index is 0.0241. The van der Waals surface area contributed by atoms with Crippen LogP contribution in [0.1, 0.15) is 92.6 Å². The van der Waals surface area contributed by atoms with E-state index in [1.807, 2.05) is 55.9 Å². The summed E-state index contributed by atoms with van der Waals surface area (Å²) < 4.78 is 13.2. The summed E-state index contributed by atoms with van der Waals surface area (Å²) in [5.41, 5.74) is 3.21. The van der Waals surface area contributed by atoms with Crippen LogP contribution in [0.25, 0.3) is 16.9 Å². The summed E-state index contributed by atoms with van der Waals surface area (Å²) in [6, 6.07) is 11.5. The van der Waals surface area contributed by atoms with Gasteiger partial charge in [0.15, 0.2) is 5.69 Å². The standard InChI is InChI=1S/C53H82N10O13/c1-36(2)39-30-38(18-19-41(39)63-42(49-43(75-6)16-11-17-44(49)76-7)31-40(57-63)51(71)56-50(53(73)74)37-14-9-8-10-15-37)52(72)60(5)25-13-23-58(3)22-12-24-59(4)45(64)34-61(26-20-54-32-46(65)66)28-29-62(35-48(69)70)27-21-55-33-47(67)68/h11,16-19,30-31,36-37,50,52,54-55,72H,8-10,12-15,20-29,32-35H2,1-7H3,(H,56,71)(H,65,66)(H,67,68)(H,69,70)(H,73,74)/t50-,52?/m0/s1. The van der Waals surface area contributed by atoms with Crippen LogP contribution in [0.2, 0.25) is 0 Å². The predicted octanol–water partition coefficient (Wildman–Crippen LogP) is 2.57. The number of methoxy groups -OCH3 is 2. The van der Waals surface area contributed by atoms with Gasteiger partial charge < -0.3 is 60.8 Å². The molecule has 1 unspecified atom stereocenters. The molecular formula is C53H82N10O13. The molecule has 1 saturated carbocycles. The third-order valence-corrected chi connectivity index (χ3v) is 13.6. The van der Waals surface area contributed by atoms with Crippen LogP contribution < -0.4 is 25.4 Å². The van der Waals surface area contributed by atoms with Gasteiger partial charge in [-0.15, -0.1) is 0 Å². The molecule has 0 bridgehead atoms. The van der Waals surface area contributed by atoms with Gasteiger partial charge in [0.25, 0.3) is 5.91 Å². The van der Waals surface area contributed by atoms with Gasteiger partial charge in [-0.25, -0.2) is 9.48 Å². The lowest BCUT2D eigenvalue weighted by Gasteiger charge is -2.28. The lowest BCUT2D eigenvalue weighted by molar-refractivity contribution is -0.141. The number of benzene rings is 2. The highest BCUT2D eigenvalue weighted by Gasteiger charge is 2.33. The third-order valence-electron chi connectivity index (χ3n) is 13.6. The van der Waals surface area contributed by atoms with E-state index in [-0.39, 0.29) is 69.3 Å². The van der Waals surface area contributed by atoms with Gasteiger partial charge in [0, 0.05) is 59.4 Å². The van der Waals surface area contributed by atoms with Crippen LogP contribution in [0.15, 0.2) is 42.5 Å². The lowest BCUT2D eigenvalue weighted by atomic mass is 9.84. The second-order valence-corrected chi connectivity index (χ2v) is 19.8. The number of carboxylic acids is 4. The van der Waals surface area contributed by atoms with Gasteiger partial charge >= 0.3 is 23.9 Å². The largest absolute Gasteiger partial charge is 0.496 e. The molecule has 1 aliphatic carbocycles. The Morgan fingerprint density at radius 3 is 1.84 bits per heavy atom. The normalized spacial score (nSPS) is 13.9. The van der Waals surface area contributed by atoms with E-state index in [0.29, 0.717) is 92.5 Å². The molecule has 1 fully saturated rings. The van der Waals surface area contributed by atoms with E-state index in [1.54, 1.807) is 60.0 Å². The smallest absolute Gasteiger partial charge is 0.326 e. The van der Waals surface area contributed by atoms with Gasteiger partial charge in [-0.1, -0.05) is 45.2 Å². The first-order valence-corrected chi connectivity index (χ1v) is 26.1.